The van der Waals surface area contributed by atoms with Crippen molar-refractivity contribution < 1.29 is 14.3 Å². The van der Waals surface area contributed by atoms with Crippen LogP contribution < -0.4 is 5.32 Å². The van der Waals surface area contributed by atoms with Crippen LogP contribution in [0.5, 0.6) is 0 Å². The third-order valence-electron chi connectivity index (χ3n) is 3.29. The first kappa shape index (κ1) is 17.5. The highest BCUT2D eigenvalue weighted by Crippen LogP contribution is 2.17. The zero-order valence-corrected chi connectivity index (χ0v) is 15.0. The molecule has 1 N–H and O–H groups in total. The molecule has 0 aliphatic carbocycles. The average Bonchev–Trinajstić information content (AvgIpc) is 2.54. The number of carbonyl (C=O) groups is 2. The Balaban J connectivity index is 1.74. The van der Waals surface area contributed by atoms with Gasteiger partial charge in [0.15, 0.2) is 6.61 Å². The van der Waals surface area contributed by atoms with Gasteiger partial charge in [-0.1, -0.05) is 30.3 Å². The molecule has 5 heteroatoms. The fraction of sp³-hybridized carbons (Fsp3) is 0.222. The largest absolute Gasteiger partial charge is 0.456 e. The molecule has 0 unspecified atom stereocenters. The SMILES string of the molecule is Cc1cc(I)ccc1NC(=O)COC(=O)CCc1ccccc1. The van der Waals surface area contributed by atoms with Gasteiger partial charge in [0.2, 0.25) is 0 Å². The summed E-state index contributed by atoms with van der Waals surface area (Å²) in [5.41, 5.74) is 2.78. The fourth-order valence-corrected chi connectivity index (χ4v) is 2.71. The molecule has 0 fully saturated rings. The van der Waals surface area contributed by atoms with E-state index in [1.54, 1.807) is 0 Å². The quantitative estimate of drug-likeness (QED) is 0.570. The first-order valence-corrected chi connectivity index (χ1v) is 8.38. The molecule has 0 bridgehead atoms. The number of nitrogens with one attached hydrogen (secondary N) is 1. The Morgan fingerprint density at radius 3 is 2.57 bits per heavy atom. The molecular formula is C18H18INO3. The van der Waals surface area contributed by atoms with Gasteiger partial charge in [-0.3, -0.25) is 9.59 Å². The van der Waals surface area contributed by atoms with Gasteiger partial charge in [0, 0.05) is 15.7 Å². The van der Waals surface area contributed by atoms with Gasteiger partial charge >= 0.3 is 5.97 Å². The number of rotatable bonds is 6. The lowest BCUT2D eigenvalue weighted by Gasteiger charge is -2.09. The third kappa shape index (κ3) is 6.02. The van der Waals surface area contributed by atoms with Gasteiger partial charge < -0.3 is 10.1 Å². The van der Waals surface area contributed by atoms with Gasteiger partial charge in [-0.05, 0) is 65.3 Å². The lowest BCUT2D eigenvalue weighted by atomic mass is 10.1. The smallest absolute Gasteiger partial charge is 0.306 e. The van der Waals surface area contributed by atoms with Crippen molar-refractivity contribution in [2.45, 2.75) is 19.8 Å². The molecule has 0 radical (unpaired) electrons. The average molecular weight is 423 g/mol. The van der Waals surface area contributed by atoms with Crippen LogP contribution in [-0.4, -0.2) is 18.5 Å². The lowest BCUT2D eigenvalue weighted by molar-refractivity contribution is -0.147. The van der Waals surface area contributed by atoms with E-state index in [1.165, 1.54) is 0 Å². The van der Waals surface area contributed by atoms with Crippen molar-refractivity contribution in [3.05, 3.63) is 63.2 Å². The minimum atomic E-state index is -0.372. The summed E-state index contributed by atoms with van der Waals surface area (Å²) in [6.45, 7) is 1.66. The Morgan fingerprint density at radius 2 is 1.87 bits per heavy atom. The monoisotopic (exact) mass is 423 g/mol. The predicted molar refractivity (Wildman–Crippen MR) is 98.2 cm³/mol. The van der Waals surface area contributed by atoms with E-state index < -0.39 is 0 Å². The van der Waals surface area contributed by atoms with Crippen molar-refractivity contribution in [2.24, 2.45) is 0 Å². The fourth-order valence-electron chi connectivity index (χ4n) is 2.06. The maximum absolute atomic E-state index is 11.8. The van der Waals surface area contributed by atoms with Crippen molar-refractivity contribution in [3.63, 3.8) is 0 Å². The van der Waals surface area contributed by atoms with E-state index in [1.807, 2.05) is 55.5 Å². The van der Waals surface area contributed by atoms with Crippen molar-refractivity contribution in [1.82, 2.24) is 0 Å². The van der Waals surface area contributed by atoms with E-state index in [2.05, 4.69) is 27.9 Å². The zero-order valence-electron chi connectivity index (χ0n) is 12.8. The van der Waals surface area contributed by atoms with E-state index in [4.69, 9.17) is 4.74 Å². The molecule has 2 aromatic carbocycles. The van der Waals surface area contributed by atoms with Crippen LogP contribution in [0.25, 0.3) is 0 Å². The van der Waals surface area contributed by atoms with Gasteiger partial charge in [0.25, 0.3) is 5.91 Å². The van der Waals surface area contributed by atoms with Crippen LogP contribution in [0.4, 0.5) is 5.69 Å². The second-order valence-corrected chi connectivity index (χ2v) is 6.40. The van der Waals surface area contributed by atoms with E-state index in [0.29, 0.717) is 6.42 Å². The van der Waals surface area contributed by atoms with Crippen molar-refractivity contribution >= 4 is 40.2 Å². The lowest BCUT2D eigenvalue weighted by Crippen LogP contribution is -2.21. The van der Waals surface area contributed by atoms with Crippen molar-refractivity contribution in [2.75, 3.05) is 11.9 Å². The summed E-state index contributed by atoms with van der Waals surface area (Å²) in [5.74, 6) is -0.703. The number of esters is 1. The molecule has 0 saturated heterocycles. The number of amides is 1. The van der Waals surface area contributed by atoms with Crippen LogP contribution in [0.2, 0.25) is 0 Å². The van der Waals surface area contributed by atoms with Gasteiger partial charge in [0.05, 0.1) is 0 Å². The summed E-state index contributed by atoms with van der Waals surface area (Å²) in [7, 11) is 0. The van der Waals surface area contributed by atoms with E-state index in [-0.39, 0.29) is 24.9 Å². The van der Waals surface area contributed by atoms with Gasteiger partial charge in [-0.15, -0.1) is 0 Å². The van der Waals surface area contributed by atoms with E-state index in [9.17, 15) is 9.59 Å². The molecular weight excluding hydrogens is 405 g/mol. The minimum absolute atomic E-state index is 0.264. The molecule has 4 nitrogen and oxygen atoms in total. The van der Waals surface area contributed by atoms with Crippen LogP contribution in [-0.2, 0) is 20.7 Å². The molecule has 2 rings (SSSR count). The van der Waals surface area contributed by atoms with E-state index in [0.717, 1.165) is 20.4 Å². The van der Waals surface area contributed by atoms with Crippen LogP contribution in [0.15, 0.2) is 48.5 Å². The van der Waals surface area contributed by atoms with Crippen LogP contribution in [0, 0.1) is 10.5 Å². The molecule has 0 aliphatic rings. The Morgan fingerprint density at radius 1 is 1.13 bits per heavy atom. The molecule has 0 atom stereocenters. The maximum atomic E-state index is 11.8. The molecule has 0 aromatic heterocycles. The topological polar surface area (TPSA) is 55.4 Å². The number of benzene rings is 2. The van der Waals surface area contributed by atoms with Gasteiger partial charge in [-0.25, -0.2) is 0 Å². The van der Waals surface area contributed by atoms with Crippen LogP contribution in [0.1, 0.15) is 17.5 Å². The normalized spacial score (nSPS) is 10.2. The van der Waals surface area contributed by atoms with Gasteiger partial charge in [0.1, 0.15) is 0 Å². The predicted octanol–water partition coefficient (Wildman–Crippen LogP) is 3.71. The van der Waals surface area contributed by atoms with Crippen LogP contribution >= 0.6 is 22.6 Å². The maximum Gasteiger partial charge on any atom is 0.306 e. The highest BCUT2D eigenvalue weighted by Gasteiger charge is 2.09. The molecule has 120 valence electrons. The molecule has 0 aliphatic heterocycles. The summed E-state index contributed by atoms with van der Waals surface area (Å²) in [4.78, 5) is 23.5. The molecule has 23 heavy (non-hydrogen) atoms. The first-order valence-electron chi connectivity index (χ1n) is 7.30. The highest BCUT2D eigenvalue weighted by molar-refractivity contribution is 14.1. The zero-order chi connectivity index (χ0) is 16.7. The van der Waals surface area contributed by atoms with E-state index >= 15 is 0 Å². The number of hydrogen-bond acceptors (Lipinski definition) is 3. The Bertz CT molecular complexity index is 686. The number of ether oxygens (including phenoxy) is 1. The number of aryl methyl sites for hydroxylation is 2. The summed E-state index contributed by atoms with van der Waals surface area (Å²) in [6, 6.07) is 15.4. The summed E-state index contributed by atoms with van der Waals surface area (Å²) < 4.78 is 6.11. The molecule has 0 heterocycles. The first-order chi connectivity index (χ1) is 11.0. The number of hydrogen-bond donors (Lipinski definition) is 1. The van der Waals surface area contributed by atoms with Gasteiger partial charge in [-0.2, -0.15) is 0 Å². The molecule has 0 spiro atoms. The Labute approximate surface area is 149 Å². The summed E-state index contributed by atoms with van der Waals surface area (Å²) in [5, 5.41) is 2.75. The highest BCUT2D eigenvalue weighted by atomic mass is 127. The van der Waals surface area contributed by atoms with Crippen molar-refractivity contribution in [3.8, 4) is 0 Å². The van der Waals surface area contributed by atoms with Crippen LogP contribution in [0.3, 0.4) is 0 Å². The number of carbonyl (C=O) groups excluding carboxylic acids is 2. The Kier molecular flexibility index (Phi) is 6.58. The number of halogens is 1. The molecule has 0 saturated carbocycles. The second kappa shape index (κ2) is 8.67. The minimum Gasteiger partial charge on any atom is -0.456 e. The second-order valence-electron chi connectivity index (χ2n) is 5.15. The standard InChI is InChI=1S/C18H18INO3/c1-13-11-15(19)8-9-16(13)20-17(21)12-23-18(22)10-7-14-5-3-2-4-6-14/h2-6,8-9,11H,7,10,12H2,1H3,(H,20,21). The summed E-state index contributed by atoms with van der Waals surface area (Å²) in [6.07, 6.45) is 0.872. The number of anilines is 1. The molecule has 1 amide bonds. The molecule has 2 aromatic rings. The summed E-state index contributed by atoms with van der Waals surface area (Å²) >= 11 is 2.21. The third-order valence-corrected chi connectivity index (χ3v) is 3.96. The Hall–Kier alpha value is -1.89. The van der Waals surface area contributed by atoms with Crippen molar-refractivity contribution in [1.29, 1.82) is 0 Å².